The molecule has 86 valence electrons. The molecule has 0 radical (unpaired) electrons. The summed E-state index contributed by atoms with van der Waals surface area (Å²) in [6, 6.07) is 2.16. The molecule has 1 rings (SSSR count). The Kier molecular flexibility index (Phi) is 3.92. The Balaban J connectivity index is 2.49. The Morgan fingerprint density at radius 2 is 2.38 bits per heavy atom. The van der Waals surface area contributed by atoms with Crippen LogP contribution in [0.4, 0.5) is 0 Å². The molecule has 5 nitrogen and oxygen atoms in total. The van der Waals surface area contributed by atoms with Crippen molar-refractivity contribution in [2.24, 2.45) is 22.4 Å². The van der Waals surface area contributed by atoms with Gasteiger partial charge in [0.1, 0.15) is 5.78 Å². The van der Waals surface area contributed by atoms with Crippen molar-refractivity contribution >= 4 is 5.78 Å². The molecule has 5 heteroatoms. The summed E-state index contributed by atoms with van der Waals surface area (Å²) >= 11 is 0. The lowest BCUT2D eigenvalue weighted by atomic mass is 9.52. The molecule has 0 aromatic carbocycles. The van der Waals surface area contributed by atoms with Crippen molar-refractivity contribution in [3.05, 3.63) is 10.4 Å². The van der Waals surface area contributed by atoms with E-state index >= 15 is 0 Å². The Bertz CT molecular complexity index is 363. The van der Waals surface area contributed by atoms with Crippen LogP contribution in [0.3, 0.4) is 0 Å². The van der Waals surface area contributed by atoms with E-state index in [-0.39, 0.29) is 23.7 Å². The number of carbonyl (C=O) groups excluding carboxylic acids is 1. The van der Waals surface area contributed by atoms with E-state index in [2.05, 4.69) is 16.1 Å². The molecule has 2 atom stereocenters. The average Bonchev–Trinajstić information content (AvgIpc) is 2.23. The van der Waals surface area contributed by atoms with Gasteiger partial charge in [0, 0.05) is 30.2 Å². The highest BCUT2D eigenvalue weighted by atomic mass is 16.1. The summed E-state index contributed by atoms with van der Waals surface area (Å²) in [4.78, 5) is 14.4. The molecule has 0 amide bonds. The molecule has 0 N–H and O–H groups in total. The highest BCUT2D eigenvalue weighted by Crippen LogP contribution is 2.53. The standard InChI is InChI=1S/C11H16N4O/c1-11(2)8(3-5-12)7-9(11)10(16)4-6-14-15-13/h8-9H,3-4,6-7H2,1-2H3/t8-,9-/m0/s1. The van der Waals surface area contributed by atoms with Gasteiger partial charge in [0.25, 0.3) is 0 Å². The normalized spacial score (nSPS) is 26.1. The maximum absolute atomic E-state index is 11.8. The first-order valence-corrected chi connectivity index (χ1v) is 5.44. The molecule has 16 heavy (non-hydrogen) atoms. The molecule has 1 aliphatic carbocycles. The molecule has 0 aromatic heterocycles. The fourth-order valence-corrected chi connectivity index (χ4v) is 2.40. The Morgan fingerprint density at radius 3 is 2.88 bits per heavy atom. The number of hydrogen-bond acceptors (Lipinski definition) is 3. The van der Waals surface area contributed by atoms with Crippen LogP contribution in [0, 0.1) is 28.6 Å². The summed E-state index contributed by atoms with van der Waals surface area (Å²) < 4.78 is 0. The van der Waals surface area contributed by atoms with Crippen LogP contribution in [0.1, 0.15) is 33.1 Å². The van der Waals surface area contributed by atoms with E-state index in [9.17, 15) is 4.79 Å². The molecule has 0 aromatic rings. The quantitative estimate of drug-likeness (QED) is 0.405. The molecule has 0 saturated heterocycles. The summed E-state index contributed by atoms with van der Waals surface area (Å²) in [5.74, 6) is 0.511. The fraction of sp³-hybridized carbons (Fsp3) is 0.818. The van der Waals surface area contributed by atoms with Crippen molar-refractivity contribution in [2.75, 3.05) is 6.54 Å². The third-order valence-corrected chi connectivity index (χ3v) is 3.72. The first kappa shape index (κ1) is 12.5. The second-order valence-electron chi connectivity index (χ2n) is 4.84. The predicted octanol–water partition coefficient (Wildman–Crippen LogP) is 2.83. The largest absolute Gasteiger partial charge is 0.299 e. The lowest BCUT2D eigenvalue weighted by molar-refractivity contribution is -0.137. The van der Waals surface area contributed by atoms with E-state index in [1.54, 1.807) is 0 Å². The molecular weight excluding hydrogens is 204 g/mol. The SMILES string of the molecule is CC1(C)[C@@H](CC#N)C[C@H]1C(=O)CCN=[N+]=[N-]. The van der Waals surface area contributed by atoms with E-state index in [4.69, 9.17) is 10.8 Å². The second-order valence-corrected chi connectivity index (χ2v) is 4.84. The molecule has 0 aliphatic heterocycles. The summed E-state index contributed by atoms with van der Waals surface area (Å²) in [7, 11) is 0. The molecule has 1 fully saturated rings. The van der Waals surface area contributed by atoms with Gasteiger partial charge in [0.15, 0.2) is 0 Å². The lowest BCUT2D eigenvalue weighted by Crippen LogP contribution is -2.48. The zero-order valence-corrected chi connectivity index (χ0v) is 9.68. The first-order chi connectivity index (χ1) is 7.54. The number of carbonyl (C=O) groups is 1. The van der Waals surface area contributed by atoms with Crippen LogP contribution in [0.5, 0.6) is 0 Å². The van der Waals surface area contributed by atoms with Gasteiger partial charge in [0.05, 0.1) is 6.07 Å². The minimum Gasteiger partial charge on any atom is -0.299 e. The van der Waals surface area contributed by atoms with Crippen LogP contribution < -0.4 is 0 Å². The van der Waals surface area contributed by atoms with Crippen LogP contribution in [0.15, 0.2) is 5.11 Å². The predicted molar refractivity (Wildman–Crippen MR) is 59.2 cm³/mol. The van der Waals surface area contributed by atoms with E-state index in [1.165, 1.54) is 0 Å². The molecule has 1 saturated carbocycles. The monoisotopic (exact) mass is 220 g/mol. The number of rotatable bonds is 5. The van der Waals surface area contributed by atoms with Gasteiger partial charge in [-0.25, -0.2) is 0 Å². The lowest BCUT2D eigenvalue weighted by Gasteiger charge is -2.50. The van der Waals surface area contributed by atoms with Crippen molar-refractivity contribution in [1.82, 2.24) is 0 Å². The van der Waals surface area contributed by atoms with Gasteiger partial charge in [-0.2, -0.15) is 5.26 Å². The van der Waals surface area contributed by atoms with Crippen LogP contribution in [-0.4, -0.2) is 12.3 Å². The number of ketones is 1. The Morgan fingerprint density at radius 1 is 1.69 bits per heavy atom. The number of nitrogens with zero attached hydrogens (tertiary/aromatic N) is 4. The maximum Gasteiger partial charge on any atom is 0.136 e. The van der Waals surface area contributed by atoms with Crippen LogP contribution in [0.25, 0.3) is 10.4 Å². The van der Waals surface area contributed by atoms with E-state index in [0.29, 0.717) is 18.8 Å². The summed E-state index contributed by atoms with van der Waals surface area (Å²) in [6.07, 6.45) is 1.64. The Labute approximate surface area is 95.1 Å². The summed E-state index contributed by atoms with van der Waals surface area (Å²) in [5.41, 5.74) is 8.03. The number of hydrogen-bond donors (Lipinski definition) is 0. The second kappa shape index (κ2) is 5.00. The molecule has 0 unspecified atom stereocenters. The van der Waals surface area contributed by atoms with Crippen LogP contribution >= 0.6 is 0 Å². The number of nitriles is 1. The minimum absolute atomic E-state index is 0.0275. The minimum atomic E-state index is -0.0802. The zero-order chi connectivity index (χ0) is 12.2. The smallest absolute Gasteiger partial charge is 0.136 e. The first-order valence-electron chi connectivity index (χ1n) is 5.44. The highest BCUT2D eigenvalue weighted by molar-refractivity contribution is 5.83. The van der Waals surface area contributed by atoms with Gasteiger partial charge in [-0.05, 0) is 23.3 Å². The van der Waals surface area contributed by atoms with Crippen molar-refractivity contribution in [3.8, 4) is 6.07 Å². The summed E-state index contributed by atoms with van der Waals surface area (Å²) in [5, 5.41) is 12.0. The van der Waals surface area contributed by atoms with Gasteiger partial charge in [-0.3, -0.25) is 4.79 Å². The molecule has 0 spiro atoms. The van der Waals surface area contributed by atoms with Gasteiger partial charge < -0.3 is 0 Å². The van der Waals surface area contributed by atoms with Gasteiger partial charge >= 0.3 is 0 Å². The van der Waals surface area contributed by atoms with Gasteiger partial charge in [-0.15, -0.1) is 0 Å². The van der Waals surface area contributed by atoms with Crippen LogP contribution in [0.2, 0.25) is 0 Å². The Hall–Kier alpha value is -1.53. The average molecular weight is 220 g/mol. The third-order valence-electron chi connectivity index (χ3n) is 3.72. The van der Waals surface area contributed by atoms with Gasteiger partial charge in [0.2, 0.25) is 0 Å². The van der Waals surface area contributed by atoms with E-state index in [0.717, 1.165) is 6.42 Å². The maximum atomic E-state index is 11.8. The zero-order valence-electron chi connectivity index (χ0n) is 9.68. The van der Waals surface area contributed by atoms with E-state index in [1.807, 2.05) is 13.8 Å². The molecular formula is C11H16N4O. The topological polar surface area (TPSA) is 89.6 Å². The van der Waals surface area contributed by atoms with Crippen molar-refractivity contribution in [3.63, 3.8) is 0 Å². The number of Topliss-reactive ketones (excluding diaryl/α,β-unsaturated/α-hetero) is 1. The third kappa shape index (κ3) is 2.34. The highest BCUT2D eigenvalue weighted by Gasteiger charge is 2.50. The molecule has 0 heterocycles. The van der Waals surface area contributed by atoms with Crippen LogP contribution in [-0.2, 0) is 4.79 Å². The summed E-state index contributed by atoms with van der Waals surface area (Å²) in [6.45, 7) is 4.31. The fourth-order valence-electron chi connectivity index (χ4n) is 2.40. The van der Waals surface area contributed by atoms with Gasteiger partial charge in [-0.1, -0.05) is 19.0 Å². The molecule has 0 bridgehead atoms. The molecule has 1 aliphatic rings. The van der Waals surface area contributed by atoms with Crippen molar-refractivity contribution in [1.29, 1.82) is 5.26 Å². The van der Waals surface area contributed by atoms with Crippen molar-refractivity contribution in [2.45, 2.75) is 33.1 Å². The van der Waals surface area contributed by atoms with Crippen molar-refractivity contribution < 1.29 is 4.79 Å². The number of azide groups is 1. The van der Waals surface area contributed by atoms with E-state index < -0.39 is 0 Å².